The van der Waals surface area contributed by atoms with Gasteiger partial charge in [0.25, 0.3) is 0 Å². The Morgan fingerprint density at radius 3 is 1.94 bits per heavy atom. The summed E-state index contributed by atoms with van der Waals surface area (Å²) in [6.45, 7) is 3.80. The standard InChI is InChI=1S/C19H37N7O5S2/c1-10(2)14(20)17(29)25-11(5-4-7-23-19(21)22)15(27)24-12(6-8-33-3)16(28)26-13(9-32)18(30)31/h10-14,32H,4-9,20H2,1-3H3,(H,24,27)(H,25,29)(H,26,28)(H,30,31)(H4,21,22,23). The van der Waals surface area contributed by atoms with Crippen molar-refractivity contribution >= 4 is 54.0 Å². The Kier molecular flexibility index (Phi) is 15.3. The van der Waals surface area contributed by atoms with Gasteiger partial charge >= 0.3 is 5.97 Å². The number of hydrogen-bond acceptors (Lipinski definition) is 8. The van der Waals surface area contributed by atoms with Crippen molar-refractivity contribution in [2.75, 3.05) is 24.3 Å². The van der Waals surface area contributed by atoms with E-state index in [9.17, 15) is 19.2 Å². The molecule has 0 fully saturated rings. The smallest absolute Gasteiger partial charge is 0.327 e. The number of hydrogen-bond donors (Lipinski definition) is 8. The molecule has 190 valence electrons. The Morgan fingerprint density at radius 1 is 0.970 bits per heavy atom. The van der Waals surface area contributed by atoms with Crippen LogP contribution >= 0.6 is 24.4 Å². The Balaban J connectivity index is 5.47. The molecule has 33 heavy (non-hydrogen) atoms. The molecule has 0 bridgehead atoms. The van der Waals surface area contributed by atoms with Gasteiger partial charge in [-0.2, -0.15) is 24.4 Å². The van der Waals surface area contributed by atoms with Crippen molar-refractivity contribution in [2.24, 2.45) is 28.1 Å². The molecule has 0 aromatic heterocycles. The van der Waals surface area contributed by atoms with Gasteiger partial charge < -0.3 is 38.3 Å². The second-order valence-corrected chi connectivity index (χ2v) is 9.06. The van der Waals surface area contributed by atoms with Crippen LogP contribution in [0.15, 0.2) is 4.99 Å². The Labute approximate surface area is 204 Å². The maximum Gasteiger partial charge on any atom is 0.327 e. The van der Waals surface area contributed by atoms with E-state index in [1.54, 1.807) is 13.8 Å². The first-order valence-corrected chi connectivity index (χ1v) is 12.5. The van der Waals surface area contributed by atoms with Crippen molar-refractivity contribution in [1.82, 2.24) is 16.0 Å². The fourth-order valence-electron chi connectivity index (χ4n) is 2.58. The zero-order chi connectivity index (χ0) is 25.6. The van der Waals surface area contributed by atoms with E-state index in [2.05, 4.69) is 33.6 Å². The number of carboxylic acids is 1. The first kappa shape index (κ1) is 30.8. The summed E-state index contributed by atoms with van der Waals surface area (Å²) in [6, 6.07) is -4.00. The third kappa shape index (κ3) is 12.6. The summed E-state index contributed by atoms with van der Waals surface area (Å²) in [5, 5.41) is 16.8. The van der Waals surface area contributed by atoms with Crippen molar-refractivity contribution in [3.05, 3.63) is 0 Å². The number of nitrogens with two attached hydrogens (primary N) is 3. The number of nitrogens with zero attached hydrogens (tertiary/aromatic N) is 1. The molecule has 3 amide bonds. The highest BCUT2D eigenvalue weighted by Crippen LogP contribution is 2.06. The van der Waals surface area contributed by atoms with Crippen LogP contribution in [0.5, 0.6) is 0 Å². The van der Waals surface area contributed by atoms with Gasteiger partial charge in [-0.1, -0.05) is 13.8 Å². The van der Waals surface area contributed by atoms with E-state index in [0.717, 1.165) is 0 Å². The van der Waals surface area contributed by atoms with Gasteiger partial charge in [-0.05, 0) is 37.2 Å². The van der Waals surface area contributed by atoms with Gasteiger partial charge in [-0.25, -0.2) is 4.79 Å². The minimum atomic E-state index is -1.24. The molecule has 0 aliphatic heterocycles. The van der Waals surface area contributed by atoms with Crippen LogP contribution in [0, 0.1) is 5.92 Å². The molecular weight excluding hydrogens is 470 g/mol. The minimum Gasteiger partial charge on any atom is -0.480 e. The SMILES string of the molecule is CSCCC(NC(=O)C(CCCN=C(N)N)NC(=O)C(N)C(C)C)C(=O)NC(CS)C(=O)O. The number of aliphatic carboxylic acids is 1. The van der Waals surface area contributed by atoms with Crippen LogP contribution in [0.25, 0.3) is 0 Å². The quantitative estimate of drug-likeness (QED) is 0.0513. The number of thiol groups is 1. The maximum absolute atomic E-state index is 13.0. The molecule has 0 aliphatic carbocycles. The summed E-state index contributed by atoms with van der Waals surface area (Å²) < 4.78 is 0. The third-order valence-electron chi connectivity index (χ3n) is 4.64. The normalized spacial score (nSPS) is 14.5. The number of carboxylic acid groups (broad SMARTS) is 1. The fourth-order valence-corrected chi connectivity index (χ4v) is 3.30. The molecule has 0 radical (unpaired) electrons. The van der Waals surface area contributed by atoms with Crippen LogP contribution in [0.3, 0.4) is 0 Å². The molecule has 0 rings (SSSR count). The number of rotatable bonds is 16. The number of nitrogens with one attached hydrogen (secondary N) is 3. The van der Waals surface area contributed by atoms with Gasteiger partial charge in [0.15, 0.2) is 5.96 Å². The maximum atomic E-state index is 13.0. The molecule has 0 saturated carbocycles. The number of guanidine groups is 1. The van der Waals surface area contributed by atoms with E-state index in [1.807, 2.05) is 6.26 Å². The zero-order valence-electron chi connectivity index (χ0n) is 19.2. The summed E-state index contributed by atoms with van der Waals surface area (Å²) in [5.74, 6) is -2.79. The van der Waals surface area contributed by atoms with E-state index in [-0.39, 0.29) is 37.0 Å². The van der Waals surface area contributed by atoms with Crippen molar-refractivity contribution in [3.8, 4) is 0 Å². The predicted octanol–water partition coefficient (Wildman–Crippen LogP) is -1.75. The third-order valence-corrected chi connectivity index (χ3v) is 5.65. The van der Waals surface area contributed by atoms with E-state index in [1.165, 1.54) is 11.8 Å². The van der Waals surface area contributed by atoms with Crippen LogP contribution in [0.4, 0.5) is 0 Å². The van der Waals surface area contributed by atoms with Crippen LogP contribution in [0.2, 0.25) is 0 Å². The molecule has 0 aliphatic rings. The van der Waals surface area contributed by atoms with Crippen LogP contribution < -0.4 is 33.2 Å². The summed E-state index contributed by atoms with van der Waals surface area (Å²) in [7, 11) is 0. The molecule has 0 spiro atoms. The molecule has 4 atom stereocenters. The lowest BCUT2D eigenvalue weighted by atomic mass is 10.0. The summed E-state index contributed by atoms with van der Waals surface area (Å²) in [6.07, 6.45) is 2.68. The molecule has 0 saturated heterocycles. The Morgan fingerprint density at radius 2 is 1.48 bits per heavy atom. The number of carbonyl (C=O) groups excluding carboxylic acids is 3. The molecular formula is C19H37N7O5S2. The first-order chi connectivity index (χ1) is 15.4. The van der Waals surface area contributed by atoms with Gasteiger partial charge in [0.05, 0.1) is 6.04 Å². The van der Waals surface area contributed by atoms with Gasteiger partial charge in [0.1, 0.15) is 18.1 Å². The lowest BCUT2D eigenvalue weighted by Crippen LogP contribution is -2.57. The van der Waals surface area contributed by atoms with Crippen molar-refractivity contribution in [1.29, 1.82) is 0 Å². The molecule has 0 aromatic carbocycles. The lowest BCUT2D eigenvalue weighted by molar-refractivity contribution is -0.141. The fraction of sp³-hybridized carbons (Fsp3) is 0.737. The molecule has 0 heterocycles. The second kappa shape index (κ2) is 16.4. The number of aliphatic imine (C=N–C) groups is 1. The molecule has 14 heteroatoms. The van der Waals surface area contributed by atoms with Crippen LogP contribution in [-0.2, 0) is 19.2 Å². The first-order valence-electron chi connectivity index (χ1n) is 10.5. The molecule has 10 N–H and O–H groups in total. The highest BCUT2D eigenvalue weighted by atomic mass is 32.2. The highest BCUT2D eigenvalue weighted by molar-refractivity contribution is 7.98. The van der Waals surface area contributed by atoms with Gasteiger partial charge in [0, 0.05) is 12.3 Å². The molecule has 4 unspecified atom stereocenters. The summed E-state index contributed by atoms with van der Waals surface area (Å²) in [4.78, 5) is 53.2. The molecule has 0 aromatic rings. The predicted molar refractivity (Wildman–Crippen MR) is 133 cm³/mol. The van der Waals surface area contributed by atoms with Crippen molar-refractivity contribution in [2.45, 2.75) is 57.3 Å². The summed E-state index contributed by atoms with van der Waals surface area (Å²) >= 11 is 5.40. The van der Waals surface area contributed by atoms with Gasteiger partial charge in [-0.15, -0.1) is 0 Å². The lowest BCUT2D eigenvalue weighted by Gasteiger charge is -2.25. The minimum absolute atomic E-state index is 0.0900. The largest absolute Gasteiger partial charge is 0.480 e. The number of carbonyl (C=O) groups is 4. The van der Waals surface area contributed by atoms with Gasteiger partial charge in [0.2, 0.25) is 17.7 Å². The monoisotopic (exact) mass is 507 g/mol. The van der Waals surface area contributed by atoms with Crippen molar-refractivity contribution < 1.29 is 24.3 Å². The average molecular weight is 508 g/mol. The van der Waals surface area contributed by atoms with E-state index in [4.69, 9.17) is 22.3 Å². The second-order valence-electron chi connectivity index (χ2n) is 7.70. The Hall–Kier alpha value is -2.19. The van der Waals surface area contributed by atoms with Crippen molar-refractivity contribution in [3.63, 3.8) is 0 Å². The topological polar surface area (TPSA) is 215 Å². The van der Waals surface area contributed by atoms with Crippen LogP contribution in [-0.4, -0.2) is 83.2 Å². The van der Waals surface area contributed by atoms with E-state index in [0.29, 0.717) is 12.2 Å². The zero-order valence-corrected chi connectivity index (χ0v) is 21.0. The van der Waals surface area contributed by atoms with E-state index >= 15 is 0 Å². The molecule has 12 nitrogen and oxygen atoms in total. The number of thioether (sulfide) groups is 1. The van der Waals surface area contributed by atoms with Crippen LogP contribution in [0.1, 0.15) is 33.1 Å². The van der Waals surface area contributed by atoms with E-state index < -0.39 is 47.9 Å². The highest BCUT2D eigenvalue weighted by Gasteiger charge is 2.30. The summed E-state index contributed by atoms with van der Waals surface area (Å²) in [5.41, 5.74) is 16.5. The Bertz CT molecular complexity index is 689. The average Bonchev–Trinajstić information content (AvgIpc) is 2.75. The number of amides is 3. The van der Waals surface area contributed by atoms with Gasteiger partial charge in [-0.3, -0.25) is 19.4 Å².